The number of carbonyl (C=O) groups excluding carboxylic acids is 1. The molecule has 1 aliphatic heterocycles. The van der Waals surface area contributed by atoms with Crippen molar-refractivity contribution < 1.29 is 14.7 Å². The zero-order valence-electron chi connectivity index (χ0n) is 13.5. The van der Waals surface area contributed by atoms with Crippen LogP contribution in [0.4, 0.5) is 5.82 Å². The fraction of sp³-hybridized carbons (Fsp3) is 0.400. The minimum Gasteiger partial charge on any atom is -0.481 e. The van der Waals surface area contributed by atoms with Gasteiger partial charge in [-0.15, -0.1) is 0 Å². The second kappa shape index (κ2) is 7.26. The van der Waals surface area contributed by atoms with Gasteiger partial charge in [-0.2, -0.15) is 15.4 Å². The van der Waals surface area contributed by atoms with Gasteiger partial charge in [0.2, 0.25) is 0 Å². The van der Waals surface area contributed by atoms with Crippen LogP contribution in [-0.2, 0) is 11.3 Å². The minimum absolute atomic E-state index is 0.252. The summed E-state index contributed by atoms with van der Waals surface area (Å²) in [7, 11) is 0. The third-order valence-electron chi connectivity index (χ3n) is 4.16. The van der Waals surface area contributed by atoms with E-state index >= 15 is 0 Å². The molecule has 0 saturated carbocycles. The van der Waals surface area contributed by atoms with E-state index in [1.165, 1.54) is 0 Å². The molecule has 0 aliphatic carbocycles. The second-order valence-electron chi connectivity index (χ2n) is 5.92. The van der Waals surface area contributed by atoms with E-state index in [0.717, 1.165) is 5.69 Å². The smallest absolute Gasteiger partial charge is 0.309 e. The number of nitrogens with two attached hydrogens (primary N) is 1. The summed E-state index contributed by atoms with van der Waals surface area (Å²) < 4.78 is 0. The number of nitrogens with zero attached hydrogens (tertiary/aromatic N) is 5. The molecule has 1 atom stereocenters. The summed E-state index contributed by atoms with van der Waals surface area (Å²) in [5.74, 6) is -1.69. The van der Waals surface area contributed by atoms with Crippen LogP contribution in [0, 0.1) is 5.92 Å². The second-order valence-corrected chi connectivity index (χ2v) is 5.92. The number of primary amides is 1. The third kappa shape index (κ3) is 3.91. The highest BCUT2D eigenvalue weighted by Gasteiger charge is 2.30. The van der Waals surface area contributed by atoms with Crippen LogP contribution < -0.4 is 10.6 Å². The maximum absolute atomic E-state index is 11.7. The Balaban J connectivity index is 1.83. The maximum Gasteiger partial charge on any atom is 0.309 e. The predicted molar refractivity (Wildman–Crippen MR) is 87.8 cm³/mol. The fourth-order valence-electron chi connectivity index (χ4n) is 2.94. The Hall–Kier alpha value is -3.01. The van der Waals surface area contributed by atoms with Crippen LogP contribution in [0.1, 0.15) is 16.1 Å². The molecule has 10 nitrogen and oxygen atoms in total. The van der Waals surface area contributed by atoms with Crippen LogP contribution in [-0.4, -0.2) is 68.5 Å². The number of aliphatic carboxylic acids is 1. The lowest BCUT2D eigenvalue weighted by Gasteiger charge is -2.24. The summed E-state index contributed by atoms with van der Waals surface area (Å²) in [6.45, 7) is 2.25. The molecule has 1 saturated heterocycles. The van der Waals surface area contributed by atoms with Gasteiger partial charge in [-0.1, -0.05) is 0 Å². The van der Waals surface area contributed by atoms with Gasteiger partial charge in [-0.05, 0) is 12.1 Å². The average molecular weight is 345 g/mol. The van der Waals surface area contributed by atoms with Gasteiger partial charge in [0.05, 0.1) is 23.4 Å². The quantitative estimate of drug-likeness (QED) is 0.647. The van der Waals surface area contributed by atoms with Gasteiger partial charge in [0.15, 0.2) is 0 Å². The zero-order chi connectivity index (χ0) is 17.8. The summed E-state index contributed by atoms with van der Waals surface area (Å²) in [5, 5.41) is 19.9. The first kappa shape index (κ1) is 16.8. The fourth-order valence-corrected chi connectivity index (χ4v) is 2.94. The Morgan fingerprint density at radius 1 is 1.36 bits per heavy atom. The number of H-pyrrole nitrogens is 1. The first-order valence-electron chi connectivity index (χ1n) is 7.84. The molecule has 1 aliphatic rings. The third-order valence-corrected chi connectivity index (χ3v) is 4.16. The molecule has 0 bridgehead atoms. The molecular weight excluding hydrogens is 326 g/mol. The van der Waals surface area contributed by atoms with Gasteiger partial charge in [0, 0.05) is 38.9 Å². The van der Waals surface area contributed by atoms with Gasteiger partial charge < -0.3 is 15.7 Å². The molecule has 2 aromatic rings. The lowest BCUT2D eigenvalue weighted by Crippen LogP contribution is -2.35. The van der Waals surface area contributed by atoms with E-state index in [-0.39, 0.29) is 12.1 Å². The highest BCUT2D eigenvalue weighted by molar-refractivity contribution is 5.97. The number of carbonyl (C=O) groups is 2. The largest absolute Gasteiger partial charge is 0.481 e. The molecule has 1 amide bonds. The zero-order valence-corrected chi connectivity index (χ0v) is 13.5. The number of carboxylic acid groups (broad SMARTS) is 1. The Morgan fingerprint density at radius 2 is 2.20 bits per heavy atom. The summed E-state index contributed by atoms with van der Waals surface area (Å²) in [4.78, 5) is 31.4. The summed E-state index contributed by atoms with van der Waals surface area (Å²) in [6.07, 6.45) is 3.18. The number of carboxylic acids is 1. The number of aromatic amines is 1. The van der Waals surface area contributed by atoms with Crippen molar-refractivity contribution in [3.8, 4) is 0 Å². The summed E-state index contributed by atoms with van der Waals surface area (Å²) >= 11 is 0. The van der Waals surface area contributed by atoms with E-state index in [9.17, 15) is 14.7 Å². The minimum atomic E-state index is -0.895. The molecule has 0 spiro atoms. The van der Waals surface area contributed by atoms with Gasteiger partial charge in [-0.25, -0.2) is 4.98 Å². The van der Waals surface area contributed by atoms with Crippen LogP contribution in [0.3, 0.4) is 0 Å². The number of nitrogens with one attached hydrogen (secondary N) is 1. The van der Waals surface area contributed by atoms with Crippen molar-refractivity contribution in [1.82, 2.24) is 25.3 Å². The topological polar surface area (TPSA) is 141 Å². The predicted octanol–water partition coefficient (Wildman–Crippen LogP) is -0.678. The molecular formula is C15H19N7O3. The molecule has 132 valence electrons. The van der Waals surface area contributed by atoms with Crippen molar-refractivity contribution in [2.75, 3.05) is 31.1 Å². The number of aromatic nitrogens is 4. The molecule has 0 unspecified atom stereocenters. The van der Waals surface area contributed by atoms with Crippen LogP contribution in [0.25, 0.3) is 0 Å². The first-order chi connectivity index (χ1) is 12.0. The molecule has 0 radical (unpaired) electrons. The van der Waals surface area contributed by atoms with Crippen molar-refractivity contribution in [3.05, 3.63) is 35.8 Å². The normalized spacial score (nSPS) is 18.7. The van der Waals surface area contributed by atoms with E-state index < -0.39 is 17.8 Å². The molecule has 25 heavy (non-hydrogen) atoms. The lowest BCUT2D eigenvalue weighted by molar-refractivity contribution is -0.141. The molecule has 2 aromatic heterocycles. The number of hydrogen-bond donors (Lipinski definition) is 3. The van der Waals surface area contributed by atoms with E-state index in [1.54, 1.807) is 24.5 Å². The SMILES string of the molecule is NC(=O)c1cccnc1N1CCN(Cc2cn[nH]n2)C[C@@H](C(=O)O)C1. The standard InChI is InChI=1S/C15H19N7O3/c16-13(23)12-2-1-3-17-14(12)22-5-4-21(7-10(8-22)15(24)25)9-11-6-18-20-19-11/h1-3,6,10H,4-5,7-9H2,(H2,16,23)(H,24,25)(H,18,19,20)/t10-/m1/s1. The van der Waals surface area contributed by atoms with Crippen LogP contribution in [0.2, 0.25) is 0 Å². The van der Waals surface area contributed by atoms with Crippen molar-refractivity contribution >= 4 is 17.7 Å². The maximum atomic E-state index is 11.7. The van der Waals surface area contributed by atoms with Gasteiger partial charge in [0.25, 0.3) is 5.91 Å². The Labute approximate surface area is 143 Å². The Morgan fingerprint density at radius 3 is 2.88 bits per heavy atom. The summed E-state index contributed by atoms with van der Waals surface area (Å²) in [6, 6.07) is 3.23. The van der Waals surface area contributed by atoms with E-state index in [0.29, 0.717) is 32.0 Å². The number of amides is 1. The molecule has 3 heterocycles. The Kier molecular flexibility index (Phi) is 4.89. The Bertz CT molecular complexity index is 749. The van der Waals surface area contributed by atoms with Crippen molar-refractivity contribution in [2.45, 2.75) is 6.54 Å². The van der Waals surface area contributed by atoms with Crippen LogP contribution >= 0.6 is 0 Å². The van der Waals surface area contributed by atoms with Gasteiger partial charge in [0.1, 0.15) is 5.82 Å². The van der Waals surface area contributed by atoms with Crippen LogP contribution in [0.15, 0.2) is 24.5 Å². The number of anilines is 1. The van der Waals surface area contributed by atoms with Crippen LogP contribution in [0.5, 0.6) is 0 Å². The molecule has 1 fully saturated rings. The first-order valence-corrected chi connectivity index (χ1v) is 7.84. The number of rotatable bonds is 5. The molecule has 4 N–H and O–H groups in total. The lowest BCUT2D eigenvalue weighted by atomic mass is 10.1. The summed E-state index contributed by atoms with van der Waals surface area (Å²) in [5.41, 5.74) is 6.45. The van der Waals surface area contributed by atoms with Crippen molar-refractivity contribution in [3.63, 3.8) is 0 Å². The monoisotopic (exact) mass is 345 g/mol. The molecule has 3 rings (SSSR count). The average Bonchev–Trinajstić information content (AvgIpc) is 3.00. The van der Waals surface area contributed by atoms with E-state index in [4.69, 9.17) is 5.73 Å². The van der Waals surface area contributed by atoms with E-state index in [1.807, 2.05) is 9.80 Å². The van der Waals surface area contributed by atoms with Crippen molar-refractivity contribution in [2.24, 2.45) is 11.7 Å². The number of hydrogen-bond acceptors (Lipinski definition) is 7. The van der Waals surface area contributed by atoms with Gasteiger partial charge in [-0.3, -0.25) is 14.5 Å². The highest BCUT2D eigenvalue weighted by atomic mass is 16.4. The van der Waals surface area contributed by atoms with Gasteiger partial charge >= 0.3 is 5.97 Å². The number of pyridine rings is 1. The molecule has 10 heteroatoms. The van der Waals surface area contributed by atoms with E-state index in [2.05, 4.69) is 20.4 Å². The molecule has 0 aromatic carbocycles. The van der Waals surface area contributed by atoms with Crippen molar-refractivity contribution in [1.29, 1.82) is 0 Å². The highest BCUT2D eigenvalue weighted by Crippen LogP contribution is 2.21.